The Kier molecular flexibility index (Phi) is 4.12. The Morgan fingerprint density at radius 2 is 2.25 bits per heavy atom. The molecule has 1 rings (SSSR count). The van der Waals surface area contributed by atoms with Crippen LogP contribution in [0.15, 0.2) is 12.3 Å². The molecule has 1 heterocycles. The van der Waals surface area contributed by atoms with Gasteiger partial charge in [0.1, 0.15) is 10.7 Å². The third-order valence-corrected chi connectivity index (χ3v) is 2.12. The van der Waals surface area contributed by atoms with Crippen molar-refractivity contribution in [1.82, 2.24) is 9.97 Å². The SMILES string of the molecule is CCN(CC(N)=O)c1nccc(C(N)=S)n1. The standard InChI is InChI=1S/C9H13N5OS/c1-2-14(5-7(10)15)9-12-4-3-6(13-9)8(11)16/h3-4H,2,5H2,1H3,(H2,10,15)(H2,11,16). The third kappa shape index (κ3) is 3.13. The predicted octanol–water partition coefficient (Wildman–Crippen LogP) is -0.578. The van der Waals surface area contributed by atoms with E-state index in [9.17, 15) is 4.79 Å². The minimum atomic E-state index is -0.439. The predicted molar refractivity (Wildman–Crippen MR) is 65.0 cm³/mol. The van der Waals surface area contributed by atoms with Crippen molar-refractivity contribution < 1.29 is 4.79 Å². The Labute approximate surface area is 98.7 Å². The second kappa shape index (κ2) is 5.36. The van der Waals surface area contributed by atoms with Crippen LogP contribution in [0.3, 0.4) is 0 Å². The van der Waals surface area contributed by atoms with Gasteiger partial charge in [-0.3, -0.25) is 4.79 Å². The van der Waals surface area contributed by atoms with Crippen LogP contribution < -0.4 is 16.4 Å². The van der Waals surface area contributed by atoms with Crippen molar-refractivity contribution in [3.63, 3.8) is 0 Å². The molecule has 16 heavy (non-hydrogen) atoms. The van der Waals surface area contributed by atoms with Gasteiger partial charge in [-0.1, -0.05) is 12.2 Å². The van der Waals surface area contributed by atoms with Gasteiger partial charge in [0.25, 0.3) is 0 Å². The Morgan fingerprint density at radius 3 is 2.75 bits per heavy atom. The van der Waals surface area contributed by atoms with Crippen molar-refractivity contribution in [2.45, 2.75) is 6.92 Å². The molecule has 0 aromatic carbocycles. The molecule has 0 atom stereocenters. The van der Waals surface area contributed by atoms with E-state index in [2.05, 4.69) is 9.97 Å². The van der Waals surface area contributed by atoms with Gasteiger partial charge >= 0.3 is 0 Å². The lowest BCUT2D eigenvalue weighted by Crippen LogP contribution is -2.35. The molecule has 0 spiro atoms. The second-order valence-electron chi connectivity index (χ2n) is 3.09. The number of rotatable bonds is 5. The maximum atomic E-state index is 10.8. The fourth-order valence-electron chi connectivity index (χ4n) is 1.15. The molecule has 0 bridgehead atoms. The summed E-state index contributed by atoms with van der Waals surface area (Å²) in [6.45, 7) is 2.51. The van der Waals surface area contributed by atoms with Crippen LogP contribution in [0.1, 0.15) is 12.6 Å². The molecule has 0 aliphatic rings. The van der Waals surface area contributed by atoms with Crippen LogP contribution >= 0.6 is 12.2 Å². The Morgan fingerprint density at radius 1 is 1.56 bits per heavy atom. The number of nitrogens with two attached hydrogens (primary N) is 2. The first-order valence-electron chi connectivity index (χ1n) is 4.70. The number of thiocarbonyl (C=S) groups is 1. The first kappa shape index (κ1) is 12.3. The zero-order chi connectivity index (χ0) is 12.1. The van der Waals surface area contributed by atoms with Crippen LogP contribution in [0.5, 0.6) is 0 Å². The van der Waals surface area contributed by atoms with Gasteiger partial charge in [0.05, 0.1) is 6.54 Å². The summed E-state index contributed by atoms with van der Waals surface area (Å²) in [5.74, 6) is -0.0437. The van der Waals surface area contributed by atoms with Gasteiger partial charge in [-0.15, -0.1) is 0 Å². The fraction of sp³-hybridized carbons (Fsp3) is 0.333. The van der Waals surface area contributed by atoms with Gasteiger partial charge < -0.3 is 16.4 Å². The van der Waals surface area contributed by atoms with E-state index in [4.69, 9.17) is 23.7 Å². The summed E-state index contributed by atoms with van der Waals surface area (Å²) in [5, 5.41) is 0. The molecule has 0 unspecified atom stereocenters. The fourth-order valence-corrected chi connectivity index (χ4v) is 1.26. The Bertz CT molecular complexity index is 409. The highest BCUT2D eigenvalue weighted by atomic mass is 32.1. The van der Waals surface area contributed by atoms with Crippen molar-refractivity contribution in [2.75, 3.05) is 18.0 Å². The van der Waals surface area contributed by atoms with Crippen LogP contribution in [0.25, 0.3) is 0 Å². The molecule has 0 saturated carbocycles. The van der Waals surface area contributed by atoms with Crippen molar-refractivity contribution in [3.8, 4) is 0 Å². The normalized spacial score (nSPS) is 9.81. The largest absolute Gasteiger partial charge is 0.388 e. The van der Waals surface area contributed by atoms with Gasteiger partial charge in [0.2, 0.25) is 11.9 Å². The number of amides is 1. The molecule has 1 amide bonds. The van der Waals surface area contributed by atoms with E-state index in [0.29, 0.717) is 18.2 Å². The topological polar surface area (TPSA) is 98.1 Å². The minimum absolute atomic E-state index is 0.0668. The smallest absolute Gasteiger partial charge is 0.237 e. The molecular weight excluding hydrogens is 226 g/mol. The molecule has 0 fully saturated rings. The molecule has 86 valence electrons. The molecule has 0 aliphatic carbocycles. The van der Waals surface area contributed by atoms with E-state index in [-0.39, 0.29) is 11.5 Å². The summed E-state index contributed by atoms with van der Waals surface area (Å²) in [7, 11) is 0. The number of aromatic nitrogens is 2. The zero-order valence-electron chi connectivity index (χ0n) is 8.88. The minimum Gasteiger partial charge on any atom is -0.388 e. The first-order chi connectivity index (χ1) is 7.54. The molecular formula is C9H13N5OS. The van der Waals surface area contributed by atoms with E-state index < -0.39 is 5.91 Å². The third-order valence-electron chi connectivity index (χ3n) is 1.91. The van der Waals surface area contributed by atoms with Gasteiger partial charge in [-0.05, 0) is 13.0 Å². The van der Waals surface area contributed by atoms with E-state index in [1.807, 2.05) is 6.92 Å². The summed E-state index contributed by atoms with van der Waals surface area (Å²) in [5.41, 5.74) is 11.0. The van der Waals surface area contributed by atoms with Crippen molar-refractivity contribution >= 4 is 29.1 Å². The van der Waals surface area contributed by atoms with E-state index in [1.54, 1.807) is 17.2 Å². The summed E-state index contributed by atoms with van der Waals surface area (Å²) in [4.78, 5) is 20.8. The molecule has 1 aromatic heterocycles. The average Bonchev–Trinajstić information content (AvgIpc) is 2.25. The first-order valence-corrected chi connectivity index (χ1v) is 5.11. The highest BCUT2D eigenvalue weighted by Crippen LogP contribution is 2.06. The summed E-state index contributed by atoms with van der Waals surface area (Å²) >= 11 is 4.81. The summed E-state index contributed by atoms with van der Waals surface area (Å²) in [6, 6.07) is 1.62. The zero-order valence-corrected chi connectivity index (χ0v) is 9.70. The Hall–Kier alpha value is -1.76. The molecule has 4 N–H and O–H groups in total. The molecule has 0 radical (unpaired) electrons. The van der Waals surface area contributed by atoms with E-state index in [1.165, 1.54) is 0 Å². The lowest BCUT2D eigenvalue weighted by atomic mass is 10.4. The monoisotopic (exact) mass is 239 g/mol. The van der Waals surface area contributed by atoms with Crippen molar-refractivity contribution in [2.24, 2.45) is 11.5 Å². The number of hydrogen-bond donors (Lipinski definition) is 2. The molecule has 6 nitrogen and oxygen atoms in total. The average molecular weight is 239 g/mol. The second-order valence-corrected chi connectivity index (χ2v) is 3.53. The van der Waals surface area contributed by atoms with Gasteiger partial charge in [-0.25, -0.2) is 9.97 Å². The van der Waals surface area contributed by atoms with Gasteiger partial charge in [0.15, 0.2) is 0 Å². The number of hydrogen-bond acceptors (Lipinski definition) is 5. The molecule has 1 aromatic rings. The number of anilines is 1. The van der Waals surface area contributed by atoms with Crippen LogP contribution in [0.4, 0.5) is 5.95 Å². The number of carbonyl (C=O) groups excluding carboxylic acids is 1. The van der Waals surface area contributed by atoms with Crippen LogP contribution in [0, 0.1) is 0 Å². The van der Waals surface area contributed by atoms with Crippen LogP contribution in [-0.2, 0) is 4.79 Å². The number of likely N-dealkylation sites (N-methyl/N-ethyl adjacent to an activating group) is 1. The summed E-state index contributed by atoms with van der Waals surface area (Å²) < 4.78 is 0. The molecule has 0 saturated heterocycles. The highest BCUT2D eigenvalue weighted by molar-refractivity contribution is 7.80. The maximum absolute atomic E-state index is 10.8. The number of carbonyl (C=O) groups is 1. The number of nitrogens with zero attached hydrogens (tertiary/aromatic N) is 3. The van der Waals surface area contributed by atoms with E-state index >= 15 is 0 Å². The van der Waals surface area contributed by atoms with Gasteiger partial charge in [0, 0.05) is 12.7 Å². The number of primary amides is 1. The van der Waals surface area contributed by atoms with E-state index in [0.717, 1.165) is 0 Å². The quantitative estimate of drug-likeness (QED) is 0.667. The van der Waals surface area contributed by atoms with Crippen LogP contribution in [-0.4, -0.2) is 34.0 Å². The maximum Gasteiger partial charge on any atom is 0.237 e. The van der Waals surface area contributed by atoms with Crippen LogP contribution in [0.2, 0.25) is 0 Å². The van der Waals surface area contributed by atoms with Gasteiger partial charge in [-0.2, -0.15) is 0 Å². The molecule has 7 heteroatoms. The Balaban J connectivity index is 2.96. The highest BCUT2D eigenvalue weighted by Gasteiger charge is 2.11. The van der Waals surface area contributed by atoms with Crippen molar-refractivity contribution in [3.05, 3.63) is 18.0 Å². The summed E-state index contributed by atoms with van der Waals surface area (Å²) in [6.07, 6.45) is 1.54. The molecule has 0 aliphatic heterocycles. The lowest BCUT2D eigenvalue weighted by molar-refractivity contribution is -0.116. The lowest BCUT2D eigenvalue weighted by Gasteiger charge is -2.18. The van der Waals surface area contributed by atoms with Crippen molar-refractivity contribution in [1.29, 1.82) is 0 Å².